The maximum absolute atomic E-state index is 13.4. The second kappa shape index (κ2) is 12.6. The molecule has 0 aromatic heterocycles. The van der Waals surface area contributed by atoms with Crippen LogP contribution in [0.3, 0.4) is 0 Å². The van der Waals surface area contributed by atoms with Gasteiger partial charge >= 0.3 is 0 Å². The minimum absolute atomic E-state index is 0.0305. The fourth-order valence-corrected chi connectivity index (χ4v) is 4.68. The van der Waals surface area contributed by atoms with Gasteiger partial charge in [0.2, 0.25) is 0 Å². The third-order valence-electron chi connectivity index (χ3n) is 6.60. The number of aliphatic hydroxyl groups is 1. The first kappa shape index (κ1) is 27.2. The van der Waals surface area contributed by atoms with Crippen LogP contribution >= 0.6 is 0 Å². The van der Waals surface area contributed by atoms with Crippen LogP contribution in [0, 0.1) is 0 Å². The number of morpholine rings is 1. The topological polar surface area (TPSA) is 97.8 Å². The number of ether oxygens (including phenoxy) is 4. The summed E-state index contributed by atoms with van der Waals surface area (Å²) in [5.41, 5.74) is 1.08. The van der Waals surface area contributed by atoms with Gasteiger partial charge in [-0.1, -0.05) is 18.7 Å². The third-order valence-corrected chi connectivity index (χ3v) is 6.60. The number of benzene rings is 2. The lowest BCUT2D eigenvalue weighted by Gasteiger charge is -2.31. The Morgan fingerprint density at radius 3 is 2.47 bits per heavy atom. The predicted octanol–water partition coefficient (Wildman–Crippen LogP) is 3.41. The molecular formula is C29H34N2O7. The van der Waals surface area contributed by atoms with Crippen LogP contribution in [-0.2, 0) is 14.3 Å². The molecule has 202 valence electrons. The average molecular weight is 523 g/mol. The molecule has 0 bridgehead atoms. The van der Waals surface area contributed by atoms with Gasteiger partial charge in [-0.05, 0) is 48.9 Å². The molecule has 0 spiro atoms. The molecule has 0 radical (unpaired) electrons. The van der Waals surface area contributed by atoms with Gasteiger partial charge in [0, 0.05) is 31.7 Å². The fraction of sp³-hybridized carbons (Fsp3) is 0.379. The van der Waals surface area contributed by atoms with Gasteiger partial charge in [0.1, 0.15) is 18.1 Å². The van der Waals surface area contributed by atoms with Gasteiger partial charge in [-0.25, -0.2) is 0 Å². The van der Waals surface area contributed by atoms with Gasteiger partial charge in [0.05, 0.1) is 38.5 Å². The molecule has 9 heteroatoms. The second-order valence-corrected chi connectivity index (χ2v) is 8.91. The largest absolute Gasteiger partial charge is 0.507 e. The standard InChI is InChI=1S/C29H34N2O7/c1-4-16-38-23-11-8-21(19-24(23)35-3)26-25(27(32)20-6-9-22(10-7-20)37-5-2)28(33)29(34)31(26)13-12-30-14-17-36-18-15-30/h4,6-11,19,26,32H,1,5,12-18H2,2-3H3. The van der Waals surface area contributed by atoms with Crippen LogP contribution in [-0.4, -0.2) is 86.3 Å². The number of nitrogens with zero attached hydrogens (tertiary/aromatic N) is 2. The molecular weight excluding hydrogens is 488 g/mol. The van der Waals surface area contributed by atoms with Crippen LogP contribution in [0.4, 0.5) is 0 Å². The van der Waals surface area contributed by atoms with Gasteiger partial charge < -0.3 is 29.0 Å². The summed E-state index contributed by atoms with van der Waals surface area (Å²) in [6, 6.07) is 11.2. The zero-order valence-corrected chi connectivity index (χ0v) is 21.9. The molecule has 2 aliphatic rings. The van der Waals surface area contributed by atoms with Crippen molar-refractivity contribution in [1.29, 1.82) is 0 Å². The highest BCUT2D eigenvalue weighted by Crippen LogP contribution is 2.42. The molecule has 1 amide bonds. The minimum atomic E-state index is -0.801. The summed E-state index contributed by atoms with van der Waals surface area (Å²) < 4.78 is 22.1. The highest BCUT2D eigenvalue weighted by molar-refractivity contribution is 6.46. The molecule has 38 heavy (non-hydrogen) atoms. The van der Waals surface area contributed by atoms with Crippen molar-refractivity contribution in [1.82, 2.24) is 9.80 Å². The normalized spacial score (nSPS) is 19.4. The summed E-state index contributed by atoms with van der Waals surface area (Å²) in [5.74, 6) is -0.0178. The SMILES string of the molecule is C=CCOc1ccc(C2C(=C(O)c3ccc(OCC)cc3)C(=O)C(=O)N2CCN2CCOCC2)cc1OC. The number of methoxy groups -OCH3 is 1. The summed E-state index contributed by atoms with van der Waals surface area (Å²) in [5, 5.41) is 11.3. The molecule has 2 aliphatic heterocycles. The lowest BCUT2D eigenvalue weighted by atomic mass is 9.95. The first-order valence-electron chi connectivity index (χ1n) is 12.7. The van der Waals surface area contributed by atoms with E-state index in [2.05, 4.69) is 11.5 Å². The summed E-state index contributed by atoms with van der Waals surface area (Å²) >= 11 is 0. The van der Waals surface area contributed by atoms with E-state index in [0.717, 1.165) is 13.1 Å². The molecule has 4 rings (SSSR count). The van der Waals surface area contributed by atoms with Crippen molar-refractivity contribution in [2.24, 2.45) is 0 Å². The highest BCUT2D eigenvalue weighted by atomic mass is 16.5. The molecule has 2 saturated heterocycles. The van der Waals surface area contributed by atoms with Crippen molar-refractivity contribution < 1.29 is 33.6 Å². The molecule has 2 fully saturated rings. The van der Waals surface area contributed by atoms with E-state index in [0.29, 0.717) is 67.9 Å². The molecule has 9 nitrogen and oxygen atoms in total. The zero-order chi connectivity index (χ0) is 27.1. The summed E-state index contributed by atoms with van der Waals surface area (Å²) in [6.45, 7) is 10.0. The summed E-state index contributed by atoms with van der Waals surface area (Å²) in [7, 11) is 1.52. The third kappa shape index (κ3) is 5.84. The van der Waals surface area contributed by atoms with Crippen molar-refractivity contribution in [3.05, 3.63) is 71.8 Å². The van der Waals surface area contributed by atoms with Gasteiger partial charge in [0.15, 0.2) is 11.5 Å². The minimum Gasteiger partial charge on any atom is -0.507 e. The second-order valence-electron chi connectivity index (χ2n) is 8.91. The first-order chi connectivity index (χ1) is 18.5. The molecule has 0 aliphatic carbocycles. The Balaban J connectivity index is 1.75. The maximum Gasteiger partial charge on any atom is 0.295 e. The smallest absolute Gasteiger partial charge is 0.295 e. The van der Waals surface area contributed by atoms with Crippen LogP contribution in [0.2, 0.25) is 0 Å². The molecule has 0 saturated carbocycles. The summed E-state index contributed by atoms with van der Waals surface area (Å²) in [4.78, 5) is 30.4. The van der Waals surface area contributed by atoms with E-state index in [-0.39, 0.29) is 11.3 Å². The Labute approximate surface area is 222 Å². The lowest BCUT2D eigenvalue weighted by molar-refractivity contribution is -0.140. The number of aliphatic hydroxyl groups excluding tert-OH is 1. The Kier molecular flexibility index (Phi) is 9.04. The van der Waals surface area contributed by atoms with Crippen LogP contribution in [0.1, 0.15) is 24.1 Å². The Morgan fingerprint density at radius 1 is 1.08 bits per heavy atom. The highest BCUT2D eigenvalue weighted by Gasteiger charge is 2.46. The number of rotatable bonds is 11. The van der Waals surface area contributed by atoms with Gasteiger partial charge in [-0.3, -0.25) is 14.5 Å². The number of carbonyl (C=O) groups is 2. The number of Topliss-reactive ketones (excluding diaryl/α,β-unsaturated/α-hetero) is 1. The van der Waals surface area contributed by atoms with E-state index < -0.39 is 17.7 Å². The van der Waals surface area contributed by atoms with Crippen LogP contribution in [0.25, 0.3) is 5.76 Å². The van der Waals surface area contributed by atoms with Crippen molar-refractivity contribution in [2.45, 2.75) is 13.0 Å². The quantitative estimate of drug-likeness (QED) is 0.208. The van der Waals surface area contributed by atoms with Crippen molar-refractivity contribution in [3.8, 4) is 17.2 Å². The van der Waals surface area contributed by atoms with E-state index >= 15 is 0 Å². The average Bonchev–Trinajstić information content (AvgIpc) is 3.20. The number of hydrogen-bond acceptors (Lipinski definition) is 8. The van der Waals surface area contributed by atoms with E-state index in [9.17, 15) is 14.7 Å². The number of likely N-dealkylation sites (tertiary alicyclic amines) is 1. The van der Waals surface area contributed by atoms with E-state index in [1.807, 2.05) is 6.92 Å². The molecule has 1 unspecified atom stereocenters. The molecule has 2 aromatic rings. The number of carbonyl (C=O) groups excluding carboxylic acids is 2. The van der Waals surface area contributed by atoms with Crippen molar-refractivity contribution >= 4 is 17.4 Å². The van der Waals surface area contributed by atoms with Gasteiger partial charge in [0.25, 0.3) is 11.7 Å². The lowest BCUT2D eigenvalue weighted by Crippen LogP contribution is -2.42. The number of hydrogen-bond donors (Lipinski definition) is 1. The predicted molar refractivity (Wildman–Crippen MR) is 143 cm³/mol. The Bertz CT molecular complexity index is 1190. The van der Waals surface area contributed by atoms with Crippen LogP contribution < -0.4 is 14.2 Å². The Morgan fingerprint density at radius 2 is 1.82 bits per heavy atom. The van der Waals surface area contributed by atoms with E-state index in [1.165, 1.54) is 12.0 Å². The summed E-state index contributed by atoms with van der Waals surface area (Å²) in [6.07, 6.45) is 1.63. The van der Waals surface area contributed by atoms with Gasteiger partial charge in [-0.2, -0.15) is 0 Å². The van der Waals surface area contributed by atoms with Crippen LogP contribution in [0.15, 0.2) is 60.7 Å². The van der Waals surface area contributed by atoms with E-state index in [1.54, 1.807) is 48.5 Å². The first-order valence-corrected chi connectivity index (χ1v) is 12.7. The van der Waals surface area contributed by atoms with Crippen molar-refractivity contribution in [3.63, 3.8) is 0 Å². The number of amides is 1. The zero-order valence-electron chi connectivity index (χ0n) is 21.9. The molecule has 2 heterocycles. The van der Waals surface area contributed by atoms with E-state index in [4.69, 9.17) is 18.9 Å². The van der Waals surface area contributed by atoms with Gasteiger partial charge in [-0.15, -0.1) is 0 Å². The van der Waals surface area contributed by atoms with Crippen molar-refractivity contribution in [2.75, 3.05) is 59.7 Å². The molecule has 1 N–H and O–H groups in total. The maximum atomic E-state index is 13.4. The fourth-order valence-electron chi connectivity index (χ4n) is 4.68. The molecule has 2 aromatic carbocycles. The van der Waals surface area contributed by atoms with Crippen LogP contribution in [0.5, 0.6) is 17.2 Å². The number of ketones is 1. The molecule has 1 atom stereocenters. The Hall–Kier alpha value is -3.82. The monoisotopic (exact) mass is 522 g/mol.